The van der Waals surface area contributed by atoms with Crippen LogP contribution in [0, 0.1) is 6.92 Å². The first kappa shape index (κ1) is 27.2. The summed E-state index contributed by atoms with van der Waals surface area (Å²) in [6, 6.07) is 26.1. The standard InChI is InChI=1S/C32H40N2O2/c1-6-33-31(36)29(22-26-10-8-7-9-11-26)34(23-27-14-12-24(2)13-15-27)30(35)21-18-25-16-19-28(20-17-25)32(3,4)5/h7-17,19-20,29H,6,18,21-23H2,1-5H3,(H,33,36)/t29-/m1/s1. The van der Waals surface area contributed by atoms with Crippen molar-refractivity contribution in [1.29, 1.82) is 0 Å². The van der Waals surface area contributed by atoms with Gasteiger partial charge in [0.25, 0.3) is 0 Å². The fourth-order valence-corrected chi connectivity index (χ4v) is 4.30. The first-order chi connectivity index (χ1) is 17.2. The first-order valence-electron chi connectivity index (χ1n) is 12.9. The Morgan fingerprint density at radius 2 is 1.44 bits per heavy atom. The van der Waals surface area contributed by atoms with Gasteiger partial charge in [0.15, 0.2) is 0 Å². The van der Waals surface area contributed by atoms with Crippen molar-refractivity contribution in [3.63, 3.8) is 0 Å². The molecule has 0 saturated heterocycles. The Kier molecular flexibility index (Phi) is 9.46. The lowest BCUT2D eigenvalue weighted by Gasteiger charge is -2.31. The predicted molar refractivity (Wildman–Crippen MR) is 148 cm³/mol. The van der Waals surface area contributed by atoms with E-state index < -0.39 is 6.04 Å². The Morgan fingerprint density at radius 1 is 0.833 bits per heavy atom. The average Bonchev–Trinajstić information content (AvgIpc) is 2.86. The molecule has 0 spiro atoms. The molecular formula is C32H40N2O2. The molecule has 0 heterocycles. The summed E-state index contributed by atoms with van der Waals surface area (Å²) in [7, 11) is 0. The van der Waals surface area contributed by atoms with Crippen molar-refractivity contribution in [2.24, 2.45) is 0 Å². The van der Waals surface area contributed by atoms with Gasteiger partial charge in [0.1, 0.15) is 6.04 Å². The molecule has 0 saturated carbocycles. The smallest absolute Gasteiger partial charge is 0.243 e. The van der Waals surface area contributed by atoms with Gasteiger partial charge in [0.05, 0.1) is 0 Å². The second-order valence-electron chi connectivity index (χ2n) is 10.6. The molecule has 1 atom stereocenters. The number of nitrogens with zero attached hydrogens (tertiary/aromatic N) is 1. The van der Waals surface area contributed by atoms with Crippen LogP contribution in [0.1, 0.15) is 61.9 Å². The van der Waals surface area contributed by atoms with E-state index >= 15 is 0 Å². The van der Waals surface area contributed by atoms with Crippen LogP contribution in [0.5, 0.6) is 0 Å². The lowest BCUT2D eigenvalue weighted by atomic mass is 9.86. The average molecular weight is 485 g/mol. The lowest BCUT2D eigenvalue weighted by Crippen LogP contribution is -2.50. The summed E-state index contributed by atoms with van der Waals surface area (Å²) in [5.41, 5.74) is 5.72. The van der Waals surface area contributed by atoms with E-state index in [1.165, 1.54) is 11.1 Å². The Labute approximate surface area is 216 Å². The third kappa shape index (κ3) is 7.81. The molecule has 0 aliphatic carbocycles. The van der Waals surface area contributed by atoms with Crippen molar-refractivity contribution in [2.75, 3.05) is 6.54 Å². The van der Waals surface area contributed by atoms with E-state index in [9.17, 15) is 9.59 Å². The van der Waals surface area contributed by atoms with Crippen molar-refractivity contribution >= 4 is 11.8 Å². The number of carbonyl (C=O) groups is 2. The van der Waals surface area contributed by atoms with Crippen LogP contribution in [0.2, 0.25) is 0 Å². The molecule has 190 valence electrons. The van der Waals surface area contributed by atoms with Gasteiger partial charge in [-0.2, -0.15) is 0 Å². The van der Waals surface area contributed by atoms with Gasteiger partial charge >= 0.3 is 0 Å². The molecule has 0 aromatic heterocycles. The van der Waals surface area contributed by atoms with Crippen LogP contribution in [-0.4, -0.2) is 29.3 Å². The van der Waals surface area contributed by atoms with E-state index in [-0.39, 0.29) is 17.2 Å². The third-order valence-electron chi connectivity index (χ3n) is 6.54. The Morgan fingerprint density at radius 3 is 2.03 bits per heavy atom. The largest absolute Gasteiger partial charge is 0.355 e. The van der Waals surface area contributed by atoms with Crippen LogP contribution in [0.15, 0.2) is 78.9 Å². The monoisotopic (exact) mass is 484 g/mol. The molecule has 4 nitrogen and oxygen atoms in total. The fraction of sp³-hybridized carbons (Fsp3) is 0.375. The number of likely N-dealkylation sites (N-methyl/N-ethyl adjacent to an activating group) is 1. The third-order valence-corrected chi connectivity index (χ3v) is 6.54. The maximum absolute atomic E-state index is 13.7. The molecule has 0 fully saturated rings. The molecule has 1 N–H and O–H groups in total. The van der Waals surface area contributed by atoms with Crippen LogP contribution >= 0.6 is 0 Å². The van der Waals surface area contributed by atoms with Gasteiger partial charge in [-0.3, -0.25) is 9.59 Å². The highest BCUT2D eigenvalue weighted by Gasteiger charge is 2.30. The molecule has 0 bridgehead atoms. The lowest BCUT2D eigenvalue weighted by molar-refractivity contribution is -0.141. The molecule has 0 unspecified atom stereocenters. The van der Waals surface area contributed by atoms with E-state index in [1.54, 1.807) is 4.90 Å². The predicted octanol–water partition coefficient (Wildman–Crippen LogP) is 6.00. The van der Waals surface area contributed by atoms with Gasteiger partial charge < -0.3 is 10.2 Å². The van der Waals surface area contributed by atoms with Gasteiger partial charge in [0.2, 0.25) is 11.8 Å². The normalized spacial score (nSPS) is 12.1. The number of amides is 2. The highest BCUT2D eigenvalue weighted by molar-refractivity contribution is 5.88. The van der Waals surface area contributed by atoms with Crippen LogP contribution in [0.3, 0.4) is 0 Å². The zero-order valence-electron chi connectivity index (χ0n) is 22.4. The van der Waals surface area contributed by atoms with Crippen LogP contribution in [0.25, 0.3) is 0 Å². The second-order valence-corrected chi connectivity index (χ2v) is 10.6. The molecule has 0 aliphatic rings. The van der Waals surface area contributed by atoms with Gasteiger partial charge in [-0.15, -0.1) is 0 Å². The molecule has 36 heavy (non-hydrogen) atoms. The number of hydrogen-bond acceptors (Lipinski definition) is 2. The van der Waals surface area contributed by atoms with Crippen molar-refractivity contribution in [3.8, 4) is 0 Å². The second kappa shape index (κ2) is 12.5. The maximum Gasteiger partial charge on any atom is 0.243 e. The van der Waals surface area contributed by atoms with Gasteiger partial charge in [-0.05, 0) is 47.9 Å². The summed E-state index contributed by atoms with van der Waals surface area (Å²) in [4.78, 5) is 28.7. The molecule has 2 amide bonds. The SMILES string of the molecule is CCNC(=O)[C@@H](Cc1ccccc1)N(Cc1ccc(C)cc1)C(=O)CCc1ccc(C(C)(C)C)cc1. The molecule has 0 radical (unpaired) electrons. The molecule has 0 aliphatic heterocycles. The number of carbonyl (C=O) groups excluding carboxylic acids is 2. The van der Waals surface area contributed by atoms with Crippen molar-refractivity contribution in [1.82, 2.24) is 10.2 Å². The molecule has 4 heteroatoms. The quantitative estimate of drug-likeness (QED) is 0.384. The van der Waals surface area contributed by atoms with Crippen LogP contribution in [-0.2, 0) is 34.4 Å². The van der Waals surface area contributed by atoms with E-state index in [0.29, 0.717) is 32.4 Å². The number of aryl methyl sites for hydroxylation is 2. The van der Waals surface area contributed by atoms with Crippen molar-refractivity contribution < 1.29 is 9.59 Å². The number of rotatable bonds is 10. The number of benzene rings is 3. The summed E-state index contributed by atoms with van der Waals surface area (Å²) in [6.07, 6.45) is 1.47. The highest BCUT2D eigenvalue weighted by Crippen LogP contribution is 2.23. The molecule has 3 rings (SSSR count). The summed E-state index contributed by atoms with van der Waals surface area (Å²) in [5, 5.41) is 2.96. The highest BCUT2D eigenvalue weighted by atomic mass is 16.2. The summed E-state index contributed by atoms with van der Waals surface area (Å²) < 4.78 is 0. The number of hydrogen-bond donors (Lipinski definition) is 1. The molecular weight excluding hydrogens is 444 g/mol. The van der Waals surface area contributed by atoms with E-state index in [1.807, 2.05) is 68.4 Å². The van der Waals surface area contributed by atoms with E-state index in [4.69, 9.17) is 0 Å². The van der Waals surface area contributed by atoms with Crippen LogP contribution in [0.4, 0.5) is 0 Å². The summed E-state index contributed by atoms with van der Waals surface area (Å²) >= 11 is 0. The van der Waals surface area contributed by atoms with Crippen molar-refractivity contribution in [3.05, 3.63) is 107 Å². The first-order valence-corrected chi connectivity index (χ1v) is 12.9. The number of nitrogens with one attached hydrogen (secondary N) is 1. The van der Waals surface area contributed by atoms with Gasteiger partial charge in [0, 0.05) is 25.9 Å². The zero-order valence-corrected chi connectivity index (χ0v) is 22.4. The Balaban J connectivity index is 1.85. The van der Waals surface area contributed by atoms with Crippen molar-refractivity contribution in [2.45, 2.75) is 71.9 Å². The van der Waals surface area contributed by atoms with Gasteiger partial charge in [-0.25, -0.2) is 0 Å². The minimum absolute atomic E-state index is 0.0114. The molecule has 3 aromatic rings. The minimum Gasteiger partial charge on any atom is -0.355 e. The van der Waals surface area contributed by atoms with Gasteiger partial charge in [-0.1, -0.05) is 105 Å². The Hall–Kier alpha value is -3.40. The van der Waals surface area contributed by atoms with E-state index in [0.717, 1.165) is 16.7 Å². The van der Waals surface area contributed by atoms with Crippen LogP contribution < -0.4 is 5.32 Å². The molecule has 3 aromatic carbocycles. The Bertz CT molecular complexity index is 1110. The summed E-state index contributed by atoms with van der Waals surface area (Å²) in [6.45, 7) is 11.5. The zero-order chi connectivity index (χ0) is 26.1. The topological polar surface area (TPSA) is 49.4 Å². The minimum atomic E-state index is -0.579. The maximum atomic E-state index is 13.7. The van der Waals surface area contributed by atoms with E-state index in [2.05, 4.69) is 50.4 Å². The fourth-order valence-electron chi connectivity index (χ4n) is 4.30. The summed E-state index contributed by atoms with van der Waals surface area (Å²) in [5.74, 6) is -0.126.